The van der Waals surface area contributed by atoms with Crippen molar-refractivity contribution in [1.82, 2.24) is 9.97 Å². The first-order valence-corrected chi connectivity index (χ1v) is 6.23. The maximum atomic E-state index is 13.2. The van der Waals surface area contributed by atoms with E-state index in [1.165, 1.54) is 12.1 Å². The Kier molecular flexibility index (Phi) is 3.66. The van der Waals surface area contributed by atoms with Gasteiger partial charge in [-0.3, -0.25) is 0 Å². The Bertz CT molecular complexity index is 556. The van der Waals surface area contributed by atoms with Crippen LogP contribution in [0.5, 0.6) is 0 Å². The number of nitrogens with zero attached hydrogens (tertiary/aromatic N) is 1. The van der Waals surface area contributed by atoms with E-state index in [0.29, 0.717) is 17.1 Å². The summed E-state index contributed by atoms with van der Waals surface area (Å²) >= 11 is 0. The number of hydrogen-bond donors (Lipinski definition) is 2. The molecule has 0 radical (unpaired) electrons. The van der Waals surface area contributed by atoms with Gasteiger partial charge in [0.25, 0.3) is 0 Å². The Hall–Kier alpha value is -1.75. The highest BCUT2D eigenvalue weighted by Crippen LogP contribution is 2.25. The number of hydrogen-bond acceptors (Lipinski definition) is 2. The second-order valence-electron chi connectivity index (χ2n) is 4.97. The molecule has 1 atom stereocenters. The van der Waals surface area contributed by atoms with Gasteiger partial charge in [0.1, 0.15) is 17.5 Å². The fourth-order valence-electron chi connectivity index (χ4n) is 2.11. The minimum absolute atomic E-state index is 0.420. The van der Waals surface area contributed by atoms with Gasteiger partial charge in [-0.25, -0.2) is 13.8 Å². The highest BCUT2D eigenvalue weighted by molar-refractivity contribution is 5.58. The van der Waals surface area contributed by atoms with Gasteiger partial charge in [-0.15, -0.1) is 0 Å². The molecule has 1 aromatic carbocycles. The molecule has 0 bridgehead atoms. The molecule has 19 heavy (non-hydrogen) atoms. The predicted molar refractivity (Wildman–Crippen MR) is 70.4 cm³/mol. The molecular formula is C14H17F2N3. The van der Waals surface area contributed by atoms with Gasteiger partial charge in [0.05, 0.1) is 17.4 Å². The van der Waals surface area contributed by atoms with Crippen molar-refractivity contribution in [3.8, 4) is 11.3 Å². The normalized spacial score (nSPS) is 14.4. The van der Waals surface area contributed by atoms with Gasteiger partial charge in [-0.05, 0) is 25.5 Å². The number of benzene rings is 1. The molecule has 0 spiro atoms. The van der Waals surface area contributed by atoms with Crippen LogP contribution >= 0.6 is 0 Å². The quantitative estimate of drug-likeness (QED) is 0.891. The zero-order valence-corrected chi connectivity index (χ0v) is 11.0. The van der Waals surface area contributed by atoms with Crippen molar-refractivity contribution in [1.29, 1.82) is 0 Å². The van der Waals surface area contributed by atoms with E-state index in [1.807, 2.05) is 13.8 Å². The van der Waals surface area contributed by atoms with Crippen molar-refractivity contribution in [3.05, 3.63) is 41.9 Å². The molecule has 0 saturated heterocycles. The first-order chi connectivity index (χ1) is 8.92. The predicted octanol–water partition coefficient (Wildman–Crippen LogP) is 3.33. The zero-order valence-electron chi connectivity index (χ0n) is 11.0. The standard InChI is InChI=1S/C14H17F2N3/c1-3-4-14(2,17)13-18-8-12(19-13)9-5-10(15)7-11(16)6-9/h5-8H,3-4,17H2,1-2H3,(H,18,19). The molecule has 1 aromatic heterocycles. The second kappa shape index (κ2) is 5.09. The van der Waals surface area contributed by atoms with Gasteiger partial charge in [-0.2, -0.15) is 0 Å². The molecule has 2 rings (SSSR count). The lowest BCUT2D eigenvalue weighted by molar-refractivity contribution is 0.423. The first-order valence-electron chi connectivity index (χ1n) is 6.23. The van der Waals surface area contributed by atoms with Crippen molar-refractivity contribution in [2.24, 2.45) is 5.73 Å². The Labute approximate surface area is 110 Å². The molecule has 0 aliphatic heterocycles. The number of imidazole rings is 1. The van der Waals surface area contributed by atoms with Crippen molar-refractivity contribution >= 4 is 0 Å². The molecule has 0 aliphatic carbocycles. The maximum absolute atomic E-state index is 13.2. The van der Waals surface area contributed by atoms with Gasteiger partial charge in [0, 0.05) is 11.6 Å². The molecule has 0 saturated carbocycles. The summed E-state index contributed by atoms with van der Waals surface area (Å²) in [5, 5.41) is 0. The van der Waals surface area contributed by atoms with Crippen molar-refractivity contribution < 1.29 is 8.78 Å². The third-order valence-corrected chi connectivity index (χ3v) is 3.06. The van der Waals surface area contributed by atoms with E-state index in [2.05, 4.69) is 9.97 Å². The van der Waals surface area contributed by atoms with Crippen molar-refractivity contribution in [2.45, 2.75) is 32.2 Å². The van der Waals surface area contributed by atoms with Crippen LogP contribution in [0.1, 0.15) is 32.5 Å². The lowest BCUT2D eigenvalue weighted by atomic mass is 9.97. The van der Waals surface area contributed by atoms with Crippen molar-refractivity contribution in [2.75, 3.05) is 0 Å². The molecule has 102 valence electrons. The van der Waals surface area contributed by atoms with E-state index in [1.54, 1.807) is 6.20 Å². The lowest BCUT2D eigenvalue weighted by Crippen LogP contribution is -2.34. The summed E-state index contributed by atoms with van der Waals surface area (Å²) in [7, 11) is 0. The largest absolute Gasteiger partial charge is 0.340 e. The molecule has 1 unspecified atom stereocenters. The number of aromatic nitrogens is 2. The van der Waals surface area contributed by atoms with Gasteiger partial charge >= 0.3 is 0 Å². The minimum Gasteiger partial charge on any atom is -0.340 e. The van der Waals surface area contributed by atoms with E-state index < -0.39 is 17.2 Å². The van der Waals surface area contributed by atoms with E-state index >= 15 is 0 Å². The SMILES string of the molecule is CCCC(C)(N)c1ncc(-c2cc(F)cc(F)c2)[nH]1. The lowest BCUT2D eigenvalue weighted by Gasteiger charge is -2.21. The minimum atomic E-state index is -0.616. The van der Waals surface area contributed by atoms with Crippen LogP contribution in [-0.4, -0.2) is 9.97 Å². The number of rotatable bonds is 4. The van der Waals surface area contributed by atoms with Gasteiger partial charge < -0.3 is 10.7 Å². The summed E-state index contributed by atoms with van der Waals surface area (Å²) in [6, 6.07) is 3.35. The summed E-state index contributed by atoms with van der Waals surface area (Å²) in [6.45, 7) is 3.92. The van der Waals surface area contributed by atoms with Crippen LogP contribution < -0.4 is 5.73 Å². The smallest absolute Gasteiger partial charge is 0.126 e. The third kappa shape index (κ3) is 2.98. The number of halogens is 2. The van der Waals surface area contributed by atoms with E-state index in [0.717, 1.165) is 18.9 Å². The average molecular weight is 265 g/mol. The summed E-state index contributed by atoms with van der Waals surface area (Å²) < 4.78 is 26.4. The van der Waals surface area contributed by atoms with E-state index in [9.17, 15) is 8.78 Å². The van der Waals surface area contributed by atoms with Gasteiger partial charge in [0.15, 0.2) is 0 Å². The van der Waals surface area contributed by atoms with E-state index in [4.69, 9.17) is 5.73 Å². The molecule has 0 fully saturated rings. The number of aromatic amines is 1. The highest BCUT2D eigenvalue weighted by atomic mass is 19.1. The monoisotopic (exact) mass is 265 g/mol. The van der Waals surface area contributed by atoms with Crippen LogP contribution in [0.25, 0.3) is 11.3 Å². The molecular weight excluding hydrogens is 248 g/mol. The highest BCUT2D eigenvalue weighted by Gasteiger charge is 2.23. The fourth-order valence-corrected chi connectivity index (χ4v) is 2.11. The number of nitrogens with two attached hydrogens (primary N) is 1. The van der Waals surface area contributed by atoms with Crippen LogP contribution in [-0.2, 0) is 5.54 Å². The van der Waals surface area contributed by atoms with Crippen LogP contribution in [0.4, 0.5) is 8.78 Å². The third-order valence-electron chi connectivity index (χ3n) is 3.06. The Morgan fingerprint density at radius 3 is 2.47 bits per heavy atom. The molecule has 0 aliphatic rings. The summed E-state index contributed by atoms with van der Waals surface area (Å²) in [5.41, 5.74) is 6.56. The van der Waals surface area contributed by atoms with Crippen LogP contribution in [0, 0.1) is 11.6 Å². The van der Waals surface area contributed by atoms with Crippen molar-refractivity contribution in [3.63, 3.8) is 0 Å². The molecule has 3 N–H and O–H groups in total. The molecule has 2 aromatic rings. The first kappa shape index (κ1) is 13.7. The molecule has 1 heterocycles. The second-order valence-corrected chi connectivity index (χ2v) is 4.97. The van der Waals surface area contributed by atoms with Gasteiger partial charge in [-0.1, -0.05) is 13.3 Å². The Morgan fingerprint density at radius 1 is 1.26 bits per heavy atom. The summed E-state index contributed by atoms with van der Waals surface area (Å²) in [5.74, 6) is -0.612. The maximum Gasteiger partial charge on any atom is 0.126 e. The van der Waals surface area contributed by atoms with Crippen LogP contribution in [0.3, 0.4) is 0 Å². The summed E-state index contributed by atoms with van der Waals surface area (Å²) in [4.78, 5) is 7.26. The molecule has 0 amide bonds. The molecule has 3 nitrogen and oxygen atoms in total. The van der Waals surface area contributed by atoms with Crippen LogP contribution in [0.2, 0.25) is 0 Å². The van der Waals surface area contributed by atoms with Gasteiger partial charge in [0.2, 0.25) is 0 Å². The number of nitrogens with one attached hydrogen (secondary N) is 1. The number of H-pyrrole nitrogens is 1. The fraction of sp³-hybridized carbons (Fsp3) is 0.357. The Balaban J connectivity index is 2.35. The zero-order chi connectivity index (χ0) is 14.0. The van der Waals surface area contributed by atoms with Crippen LogP contribution in [0.15, 0.2) is 24.4 Å². The molecule has 5 heteroatoms. The topological polar surface area (TPSA) is 54.7 Å². The average Bonchev–Trinajstić information content (AvgIpc) is 2.77. The summed E-state index contributed by atoms with van der Waals surface area (Å²) in [6.07, 6.45) is 3.25. The Morgan fingerprint density at radius 2 is 1.89 bits per heavy atom. The van der Waals surface area contributed by atoms with E-state index in [-0.39, 0.29) is 0 Å².